The van der Waals surface area contributed by atoms with Gasteiger partial charge in [-0.3, -0.25) is 0 Å². The Morgan fingerprint density at radius 3 is 2.42 bits per heavy atom. The molecule has 9 heteroatoms. The average molecular weight is 420 g/mol. The van der Waals surface area contributed by atoms with E-state index in [1.807, 2.05) is 55.9 Å². The second-order valence-corrected chi connectivity index (χ2v) is 7.34. The molecule has 0 fully saturated rings. The molecule has 0 saturated heterocycles. The molecule has 160 valence electrons. The number of aryl methyl sites for hydroxylation is 4. The van der Waals surface area contributed by atoms with Crippen LogP contribution in [0.1, 0.15) is 22.4 Å². The molecule has 0 amide bonds. The number of tetrazole rings is 1. The molecule has 0 spiro atoms. The summed E-state index contributed by atoms with van der Waals surface area (Å²) in [5.41, 5.74) is 4.99. The zero-order valence-electron chi connectivity index (χ0n) is 18.2. The van der Waals surface area contributed by atoms with Gasteiger partial charge in [0.25, 0.3) is 0 Å². The lowest BCUT2D eigenvalue weighted by Crippen LogP contribution is -2.23. The maximum atomic E-state index is 12.4. The highest BCUT2D eigenvalue weighted by Gasteiger charge is 2.16. The highest BCUT2D eigenvalue weighted by molar-refractivity contribution is 5.49. The molecule has 4 rings (SSSR count). The molecule has 0 unspecified atom stereocenters. The van der Waals surface area contributed by atoms with E-state index < -0.39 is 0 Å². The second kappa shape index (κ2) is 8.10. The highest BCUT2D eigenvalue weighted by atomic mass is 16.5. The Kier molecular flexibility index (Phi) is 5.33. The van der Waals surface area contributed by atoms with Crippen LogP contribution in [-0.4, -0.2) is 36.7 Å². The van der Waals surface area contributed by atoms with E-state index in [1.165, 1.54) is 9.36 Å². The molecule has 0 aliphatic carbocycles. The van der Waals surface area contributed by atoms with Crippen molar-refractivity contribution in [2.45, 2.75) is 27.4 Å². The molecule has 31 heavy (non-hydrogen) atoms. The number of hydrogen-bond acceptors (Lipinski definition) is 6. The van der Waals surface area contributed by atoms with Gasteiger partial charge in [0.15, 0.2) is 0 Å². The number of aromatic nitrogens is 6. The predicted molar refractivity (Wildman–Crippen MR) is 115 cm³/mol. The van der Waals surface area contributed by atoms with Crippen LogP contribution in [0.4, 0.5) is 0 Å². The van der Waals surface area contributed by atoms with Crippen molar-refractivity contribution >= 4 is 0 Å². The fourth-order valence-corrected chi connectivity index (χ4v) is 3.32. The second-order valence-electron chi connectivity index (χ2n) is 7.34. The first-order valence-corrected chi connectivity index (χ1v) is 9.81. The van der Waals surface area contributed by atoms with Gasteiger partial charge in [-0.1, -0.05) is 6.07 Å². The van der Waals surface area contributed by atoms with Crippen LogP contribution in [0.5, 0.6) is 11.5 Å². The lowest BCUT2D eigenvalue weighted by atomic mass is 10.1. The van der Waals surface area contributed by atoms with Crippen LogP contribution in [0, 0.1) is 20.8 Å². The maximum absolute atomic E-state index is 12.4. The topological polar surface area (TPSA) is 89.0 Å². The van der Waals surface area contributed by atoms with Crippen molar-refractivity contribution in [3.63, 3.8) is 0 Å². The van der Waals surface area contributed by atoms with Gasteiger partial charge in [0.05, 0.1) is 29.7 Å². The van der Waals surface area contributed by atoms with E-state index in [-0.39, 0.29) is 12.3 Å². The summed E-state index contributed by atoms with van der Waals surface area (Å²) in [6.45, 7) is 6.21. The highest BCUT2D eigenvalue weighted by Crippen LogP contribution is 2.28. The predicted octanol–water partition coefficient (Wildman–Crippen LogP) is 2.66. The molecule has 9 nitrogen and oxygen atoms in total. The van der Waals surface area contributed by atoms with Crippen molar-refractivity contribution in [3.8, 4) is 22.9 Å². The Labute approximate surface area is 179 Å². The quantitative estimate of drug-likeness (QED) is 0.476. The molecule has 2 aromatic heterocycles. The van der Waals surface area contributed by atoms with E-state index in [2.05, 4.69) is 15.5 Å². The Morgan fingerprint density at radius 1 is 1.00 bits per heavy atom. The fourth-order valence-electron chi connectivity index (χ4n) is 3.32. The number of ether oxygens (including phenoxy) is 2. The summed E-state index contributed by atoms with van der Waals surface area (Å²) in [4.78, 5) is 12.4. The van der Waals surface area contributed by atoms with Gasteiger partial charge in [-0.05, 0) is 72.7 Å². The molecular formula is C22H24N6O3. The monoisotopic (exact) mass is 420 g/mol. The van der Waals surface area contributed by atoms with Crippen LogP contribution in [-0.2, 0) is 13.7 Å². The lowest BCUT2D eigenvalue weighted by molar-refractivity contribution is 0.294. The zero-order chi connectivity index (χ0) is 22.1. The molecular weight excluding hydrogens is 396 g/mol. The molecule has 2 aromatic carbocycles. The molecule has 0 aliphatic rings. The fraction of sp³-hybridized carbons (Fsp3) is 0.273. The first-order valence-electron chi connectivity index (χ1n) is 9.81. The number of nitrogens with zero attached hydrogens (tertiary/aromatic N) is 6. The van der Waals surface area contributed by atoms with E-state index in [0.717, 1.165) is 28.3 Å². The van der Waals surface area contributed by atoms with Gasteiger partial charge in [-0.25, -0.2) is 9.48 Å². The first-order chi connectivity index (χ1) is 14.9. The third-order valence-electron chi connectivity index (χ3n) is 5.22. The SMILES string of the molecule is COc1cccc(-n2nnn(C)c2=O)c1COc1ccc(-n2cc(C)c(C)n2)cc1C. The smallest absolute Gasteiger partial charge is 0.368 e. The van der Waals surface area contributed by atoms with Crippen molar-refractivity contribution in [1.29, 1.82) is 0 Å². The summed E-state index contributed by atoms with van der Waals surface area (Å²) < 4.78 is 15.9. The minimum Gasteiger partial charge on any atom is -0.496 e. The van der Waals surface area contributed by atoms with Crippen LogP contribution >= 0.6 is 0 Å². The molecule has 0 radical (unpaired) electrons. The molecule has 2 heterocycles. The third-order valence-corrected chi connectivity index (χ3v) is 5.22. The summed E-state index contributed by atoms with van der Waals surface area (Å²) in [6.07, 6.45) is 2.00. The van der Waals surface area contributed by atoms with Gasteiger partial charge < -0.3 is 9.47 Å². The van der Waals surface area contributed by atoms with Gasteiger partial charge in [0.1, 0.15) is 18.1 Å². The molecule has 0 aliphatic heterocycles. The minimum atomic E-state index is -0.347. The van der Waals surface area contributed by atoms with Crippen LogP contribution in [0.3, 0.4) is 0 Å². The van der Waals surface area contributed by atoms with Gasteiger partial charge in [-0.2, -0.15) is 14.5 Å². The molecule has 4 aromatic rings. The number of benzene rings is 2. The standard InChI is InChI=1S/C22H24N6O3/c1-14-11-17(27-12-15(2)16(3)23-27)9-10-20(14)31-13-18-19(7-6-8-21(18)30-5)28-22(29)26(4)24-25-28/h6-12H,13H2,1-5H3. The van der Waals surface area contributed by atoms with Crippen LogP contribution in [0.15, 0.2) is 47.4 Å². The Morgan fingerprint density at radius 2 is 1.81 bits per heavy atom. The normalized spacial score (nSPS) is 11.0. The minimum absolute atomic E-state index is 0.197. The maximum Gasteiger partial charge on any atom is 0.368 e. The lowest BCUT2D eigenvalue weighted by Gasteiger charge is -2.15. The van der Waals surface area contributed by atoms with Crippen LogP contribution in [0.25, 0.3) is 11.4 Å². The summed E-state index contributed by atoms with van der Waals surface area (Å²) in [7, 11) is 3.13. The zero-order valence-corrected chi connectivity index (χ0v) is 18.2. The van der Waals surface area contributed by atoms with Crippen molar-refractivity contribution in [3.05, 3.63) is 75.5 Å². The summed E-state index contributed by atoms with van der Waals surface area (Å²) in [6, 6.07) is 11.3. The van der Waals surface area contributed by atoms with Gasteiger partial charge in [-0.15, -0.1) is 0 Å². The number of rotatable bonds is 6. The molecule has 0 atom stereocenters. The average Bonchev–Trinajstić information content (AvgIpc) is 3.28. The number of methoxy groups -OCH3 is 1. The van der Waals surface area contributed by atoms with Gasteiger partial charge in [0, 0.05) is 13.2 Å². The number of hydrogen-bond donors (Lipinski definition) is 0. The Balaban J connectivity index is 1.63. The Bertz CT molecular complexity index is 1280. The molecule has 0 N–H and O–H groups in total. The van der Waals surface area contributed by atoms with E-state index in [4.69, 9.17) is 9.47 Å². The van der Waals surface area contributed by atoms with Crippen LogP contribution < -0.4 is 15.2 Å². The van der Waals surface area contributed by atoms with Gasteiger partial charge >= 0.3 is 5.69 Å². The van der Waals surface area contributed by atoms with Gasteiger partial charge in [0.2, 0.25) is 0 Å². The van der Waals surface area contributed by atoms with Crippen molar-refractivity contribution in [2.24, 2.45) is 7.05 Å². The third kappa shape index (κ3) is 3.81. The van der Waals surface area contributed by atoms with Crippen LogP contribution in [0.2, 0.25) is 0 Å². The van der Waals surface area contributed by atoms with E-state index in [9.17, 15) is 4.79 Å². The molecule has 0 saturated carbocycles. The summed E-state index contributed by atoms with van der Waals surface area (Å²) >= 11 is 0. The van der Waals surface area contributed by atoms with E-state index in [0.29, 0.717) is 17.0 Å². The first kappa shape index (κ1) is 20.4. The van der Waals surface area contributed by atoms with Crippen molar-refractivity contribution in [2.75, 3.05) is 7.11 Å². The Hall–Kier alpha value is -3.88. The van der Waals surface area contributed by atoms with E-state index >= 15 is 0 Å². The molecule has 0 bridgehead atoms. The van der Waals surface area contributed by atoms with Crippen molar-refractivity contribution in [1.82, 2.24) is 29.6 Å². The summed E-state index contributed by atoms with van der Waals surface area (Å²) in [5, 5.41) is 12.3. The summed E-state index contributed by atoms with van der Waals surface area (Å²) in [5.74, 6) is 1.33. The van der Waals surface area contributed by atoms with Crippen molar-refractivity contribution < 1.29 is 9.47 Å². The largest absolute Gasteiger partial charge is 0.496 e. The van der Waals surface area contributed by atoms with E-state index in [1.54, 1.807) is 26.3 Å².